The summed E-state index contributed by atoms with van der Waals surface area (Å²) in [5, 5.41) is 2.88. The number of nitrogens with zero attached hydrogens (tertiary/aromatic N) is 6. The number of carbonyl (C=O) groups is 1. The Labute approximate surface area is 186 Å². The lowest BCUT2D eigenvalue weighted by Crippen LogP contribution is -2.45. The molecule has 1 N–H and O–H groups in total. The summed E-state index contributed by atoms with van der Waals surface area (Å²) in [5.41, 5.74) is 3.91. The van der Waals surface area contributed by atoms with Crippen LogP contribution < -0.4 is 24.8 Å². The first kappa shape index (κ1) is 20.0. The SMILES string of the molecule is COc1cc(NC(=O)N2c3nc(-c4cccc(N(C)C)c4)ccc3N3CCC[C@H]32)ncn1. The fraction of sp³-hybridized carbons (Fsp3) is 0.304. The Morgan fingerprint density at radius 1 is 1.19 bits per heavy atom. The molecule has 9 heteroatoms. The molecule has 9 nitrogen and oxygen atoms in total. The molecule has 0 radical (unpaired) electrons. The lowest BCUT2D eigenvalue weighted by molar-refractivity contribution is 0.255. The predicted molar refractivity (Wildman–Crippen MR) is 124 cm³/mol. The molecule has 2 aliphatic rings. The first-order valence-electron chi connectivity index (χ1n) is 10.6. The van der Waals surface area contributed by atoms with E-state index in [9.17, 15) is 4.79 Å². The monoisotopic (exact) mass is 431 g/mol. The summed E-state index contributed by atoms with van der Waals surface area (Å²) in [6.45, 7) is 0.903. The van der Waals surface area contributed by atoms with Crippen LogP contribution in [0.4, 0.5) is 27.8 Å². The minimum atomic E-state index is -0.270. The van der Waals surface area contributed by atoms with Gasteiger partial charge in [-0.3, -0.25) is 10.2 Å². The van der Waals surface area contributed by atoms with E-state index in [0.29, 0.717) is 17.5 Å². The van der Waals surface area contributed by atoms with Crippen molar-refractivity contribution in [3.8, 4) is 17.1 Å². The highest BCUT2D eigenvalue weighted by Gasteiger charge is 2.43. The molecule has 5 rings (SSSR count). The zero-order valence-corrected chi connectivity index (χ0v) is 18.3. The third-order valence-electron chi connectivity index (χ3n) is 5.87. The van der Waals surface area contributed by atoms with Crippen LogP contribution in [-0.4, -0.2) is 54.9 Å². The van der Waals surface area contributed by atoms with Gasteiger partial charge in [0, 0.05) is 38.0 Å². The van der Waals surface area contributed by atoms with Crippen molar-refractivity contribution in [2.45, 2.75) is 19.0 Å². The van der Waals surface area contributed by atoms with Crippen molar-refractivity contribution < 1.29 is 9.53 Å². The van der Waals surface area contributed by atoms with E-state index >= 15 is 0 Å². The zero-order chi connectivity index (χ0) is 22.2. The van der Waals surface area contributed by atoms with Crippen molar-refractivity contribution in [3.63, 3.8) is 0 Å². The van der Waals surface area contributed by atoms with Crippen LogP contribution in [0.25, 0.3) is 11.3 Å². The summed E-state index contributed by atoms with van der Waals surface area (Å²) in [5.74, 6) is 1.44. The summed E-state index contributed by atoms with van der Waals surface area (Å²) in [7, 11) is 5.55. The van der Waals surface area contributed by atoms with Crippen molar-refractivity contribution in [1.82, 2.24) is 15.0 Å². The van der Waals surface area contributed by atoms with Crippen molar-refractivity contribution in [2.24, 2.45) is 0 Å². The molecule has 0 aliphatic carbocycles. The normalized spacial score (nSPS) is 16.5. The number of pyridine rings is 1. The number of carbonyl (C=O) groups excluding carboxylic acids is 1. The maximum Gasteiger partial charge on any atom is 0.330 e. The number of anilines is 4. The number of urea groups is 1. The molecule has 0 spiro atoms. The number of ether oxygens (including phenoxy) is 1. The maximum absolute atomic E-state index is 13.4. The second-order valence-corrected chi connectivity index (χ2v) is 8.05. The number of amides is 2. The van der Waals surface area contributed by atoms with Crippen molar-refractivity contribution >= 4 is 29.0 Å². The second-order valence-electron chi connectivity index (χ2n) is 8.05. The molecule has 0 bridgehead atoms. The number of nitrogens with one attached hydrogen (secondary N) is 1. The Bertz CT molecular complexity index is 1170. The van der Waals surface area contributed by atoms with Gasteiger partial charge >= 0.3 is 6.03 Å². The van der Waals surface area contributed by atoms with Gasteiger partial charge in [-0.05, 0) is 37.1 Å². The molecule has 2 amide bonds. The Morgan fingerprint density at radius 2 is 2.06 bits per heavy atom. The number of hydrogen-bond donors (Lipinski definition) is 1. The molecule has 0 unspecified atom stereocenters. The van der Waals surface area contributed by atoms with Crippen LogP contribution in [0.2, 0.25) is 0 Å². The van der Waals surface area contributed by atoms with Crippen LogP contribution in [0.5, 0.6) is 5.88 Å². The van der Waals surface area contributed by atoms with Crippen LogP contribution in [0.1, 0.15) is 12.8 Å². The van der Waals surface area contributed by atoms with E-state index in [0.717, 1.165) is 42.0 Å². The first-order valence-corrected chi connectivity index (χ1v) is 10.6. The Hall–Kier alpha value is -3.88. The zero-order valence-electron chi connectivity index (χ0n) is 18.3. The molecule has 4 heterocycles. The van der Waals surface area contributed by atoms with Gasteiger partial charge in [0.2, 0.25) is 5.88 Å². The van der Waals surface area contributed by atoms with Crippen molar-refractivity contribution in [1.29, 1.82) is 0 Å². The van der Waals surface area contributed by atoms with Crippen LogP contribution in [0, 0.1) is 0 Å². The molecule has 164 valence electrons. The number of hydrogen-bond acceptors (Lipinski definition) is 7. The smallest absolute Gasteiger partial charge is 0.330 e. The molecular formula is C23H25N7O2. The second kappa shape index (κ2) is 7.99. The molecule has 1 saturated heterocycles. The van der Waals surface area contributed by atoms with E-state index in [1.807, 2.05) is 32.3 Å². The van der Waals surface area contributed by atoms with E-state index in [2.05, 4.69) is 43.3 Å². The van der Waals surface area contributed by atoms with Gasteiger partial charge in [0.15, 0.2) is 5.82 Å². The number of rotatable bonds is 4. The molecule has 2 aliphatic heterocycles. The Morgan fingerprint density at radius 3 is 2.88 bits per heavy atom. The molecule has 2 aromatic heterocycles. The standard InChI is InChI=1S/C23H25N7O2/c1-28(2)16-7-4-6-15(12-16)17-9-10-18-22(26-17)30(21-8-5-11-29(18)21)23(31)27-19-13-20(32-3)25-14-24-19/h4,6-7,9-10,12-14,21H,5,8,11H2,1-3H3,(H,24,25,27,31)/t21-/m1/s1. The Kier molecular flexibility index (Phi) is 5.01. The summed E-state index contributed by atoms with van der Waals surface area (Å²) >= 11 is 0. The summed E-state index contributed by atoms with van der Waals surface area (Å²) in [6, 6.07) is 13.6. The van der Waals surface area contributed by atoms with Gasteiger partial charge in [0.1, 0.15) is 18.3 Å². The fourth-order valence-electron chi connectivity index (χ4n) is 4.31. The number of benzene rings is 1. The average Bonchev–Trinajstić information content (AvgIpc) is 3.39. The van der Waals surface area contributed by atoms with Crippen LogP contribution in [0.15, 0.2) is 48.8 Å². The van der Waals surface area contributed by atoms with Crippen LogP contribution >= 0.6 is 0 Å². The largest absolute Gasteiger partial charge is 0.481 e. The molecule has 1 atom stereocenters. The molecule has 0 saturated carbocycles. The third kappa shape index (κ3) is 3.45. The highest BCUT2D eigenvalue weighted by Crippen LogP contribution is 2.44. The molecule has 1 fully saturated rings. The van der Waals surface area contributed by atoms with E-state index in [4.69, 9.17) is 9.72 Å². The molecular weight excluding hydrogens is 406 g/mol. The van der Waals surface area contributed by atoms with Crippen molar-refractivity contribution in [2.75, 3.05) is 47.8 Å². The van der Waals surface area contributed by atoms with E-state index < -0.39 is 0 Å². The average molecular weight is 432 g/mol. The van der Waals surface area contributed by atoms with E-state index in [1.165, 1.54) is 13.4 Å². The topological polar surface area (TPSA) is 86.7 Å². The summed E-state index contributed by atoms with van der Waals surface area (Å²) < 4.78 is 5.14. The minimum Gasteiger partial charge on any atom is -0.481 e. The van der Waals surface area contributed by atoms with Gasteiger partial charge in [-0.2, -0.15) is 0 Å². The lowest BCUT2D eigenvalue weighted by atomic mass is 10.1. The van der Waals surface area contributed by atoms with Crippen molar-refractivity contribution in [3.05, 3.63) is 48.8 Å². The number of aromatic nitrogens is 3. The quantitative estimate of drug-likeness (QED) is 0.675. The maximum atomic E-state index is 13.4. The van der Waals surface area contributed by atoms with Crippen LogP contribution in [-0.2, 0) is 0 Å². The van der Waals surface area contributed by atoms with Gasteiger partial charge in [-0.15, -0.1) is 0 Å². The highest BCUT2D eigenvalue weighted by atomic mass is 16.5. The van der Waals surface area contributed by atoms with Crippen LogP contribution in [0.3, 0.4) is 0 Å². The lowest BCUT2D eigenvalue weighted by Gasteiger charge is -2.25. The molecule has 32 heavy (non-hydrogen) atoms. The highest BCUT2D eigenvalue weighted by molar-refractivity contribution is 6.05. The number of methoxy groups -OCH3 is 1. The Balaban J connectivity index is 1.50. The molecule has 1 aromatic carbocycles. The van der Waals surface area contributed by atoms with Gasteiger partial charge in [0.25, 0.3) is 0 Å². The summed E-state index contributed by atoms with van der Waals surface area (Å²) in [6.07, 6.45) is 3.23. The van der Waals surface area contributed by atoms with Gasteiger partial charge in [-0.25, -0.2) is 19.7 Å². The third-order valence-corrected chi connectivity index (χ3v) is 5.87. The fourth-order valence-corrected chi connectivity index (χ4v) is 4.31. The summed E-state index contributed by atoms with van der Waals surface area (Å²) in [4.78, 5) is 32.5. The number of fused-ring (bicyclic) bond motifs is 3. The minimum absolute atomic E-state index is 0.0513. The van der Waals surface area contributed by atoms with E-state index in [-0.39, 0.29) is 12.2 Å². The first-order chi connectivity index (χ1) is 15.5. The van der Waals surface area contributed by atoms with E-state index in [1.54, 1.807) is 11.0 Å². The van der Waals surface area contributed by atoms with Gasteiger partial charge < -0.3 is 14.5 Å². The predicted octanol–water partition coefficient (Wildman–Crippen LogP) is 3.59. The van der Waals surface area contributed by atoms with Gasteiger partial charge in [0.05, 0.1) is 18.5 Å². The van der Waals surface area contributed by atoms with Gasteiger partial charge in [-0.1, -0.05) is 12.1 Å². The molecule has 3 aromatic rings.